The van der Waals surface area contributed by atoms with Crippen LogP contribution in [0.15, 0.2) is 33.7 Å². The third-order valence-electron chi connectivity index (χ3n) is 4.45. The fraction of sp³-hybridized carbons (Fsp3) is 0.412. The second-order valence-corrected chi connectivity index (χ2v) is 7.90. The molecule has 2 aromatic rings. The molecule has 1 heterocycles. The number of hydrogen-bond acceptors (Lipinski definition) is 5. The number of nitrogens with one attached hydrogen (secondary N) is 2. The summed E-state index contributed by atoms with van der Waals surface area (Å²) in [6, 6.07) is 6.94. The van der Waals surface area contributed by atoms with E-state index in [1.54, 1.807) is 38.1 Å². The van der Waals surface area contributed by atoms with Crippen molar-refractivity contribution in [2.45, 2.75) is 43.9 Å². The Hall–Kier alpha value is -2.35. The molecule has 1 aliphatic rings. The van der Waals surface area contributed by atoms with Gasteiger partial charge in [0.05, 0.1) is 5.41 Å². The minimum atomic E-state index is -3.77. The summed E-state index contributed by atoms with van der Waals surface area (Å²) in [5.41, 5.74) is 1.18. The molecule has 0 aliphatic heterocycles. The van der Waals surface area contributed by atoms with E-state index in [0.29, 0.717) is 17.9 Å². The third-order valence-corrected chi connectivity index (χ3v) is 6.07. The number of benzene rings is 1. The molecule has 25 heavy (non-hydrogen) atoms. The first-order valence-electron chi connectivity index (χ1n) is 8.15. The van der Waals surface area contributed by atoms with Crippen LogP contribution in [0.1, 0.15) is 36.8 Å². The van der Waals surface area contributed by atoms with Crippen molar-refractivity contribution >= 4 is 21.6 Å². The molecule has 0 bridgehead atoms. The van der Waals surface area contributed by atoms with Crippen molar-refractivity contribution in [1.82, 2.24) is 10.5 Å². The van der Waals surface area contributed by atoms with E-state index >= 15 is 0 Å². The quantitative estimate of drug-likeness (QED) is 0.820. The lowest BCUT2D eigenvalue weighted by Gasteiger charge is -2.16. The van der Waals surface area contributed by atoms with E-state index in [4.69, 9.17) is 4.52 Å². The fourth-order valence-corrected chi connectivity index (χ4v) is 4.41. The van der Waals surface area contributed by atoms with Gasteiger partial charge in [0.15, 0.2) is 10.7 Å². The second-order valence-electron chi connectivity index (χ2n) is 6.28. The van der Waals surface area contributed by atoms with E-state index in [9.17, 15) is 13.2 Å². The molecule has 2 N–H and O–H groups in total. The number of amides is 1. The highest BCUT2D eigenvalue weighted by Gasteiger charge is 2.50. The Balaban J connectivity index is 1.81. The molecule has 0 atom stereocenters. The zero-order chi connectivity index (χ0) is 18.2. The highest BCUT2D eigenvalue weighted by Crippen LogP contribution is 2.48. The zero-order valence-corrected chi connectivity index (χ0v) is 15.2. The molecule has 134 valence electrons. The second kappa shape index (κ2) is 6.18. The van der Waals surface area contributed by atoms with Gasteiger partial charge in [-0.15, -0.1) is 0 Å². The van der Waals surface area contributed by atoms with Crippen LogP contribution in [0.2, 0.25) is 0 Å². The average molecular weight is 363 g/mol. The van der Waals surface area contributed by atoms with Crippen molar-refractivity contribution in [3.05, 3.63) is 41.3 Å². The van der Waals surface area contributed by atoms with E-state index in [1.165, 1.54) is 0 Å². The Kier molecular flexibility index (Phi) is 4.32. The van der Waals surface area contributed by atoms with Gasteiger partial charge < -0.3 is 9.84 Å². The number of sulfonamides is 1. The molecule has 0 saturated heterocycles. The van der Waals surface area contributed by atoms with Crippen LogP contribution in [0, 0.1) is 13.8 Å². The van der Waals surface area contributed by atoms with Gasteiger partial charge in [0.1, 0.15) is 5.69 Å². The average Bonchev–Trinajstić information content (AvgIpc) is 3.28. The largest absolute Gasteiger partial charge is 0.360 e. The Morgan fingerprint density at radius 3 is 2.36 bits per heavy atom. The SMILES string of the molecule is CCNC(=O)C1(c2ccc(NS(=O)(=O)c3c(C)noc3C)cc2)CC1. The van der Waals surface area contributed by atoms with E-state index in [2.05, 4.69) is 15.2 Å². The van der Waals surface area contributed by atoms with Crippen LogP contribution in [0.5, 0.6) is 0 Å². The topological polar surface area (TPSA) is 101 Å². The first-order chi connectivity index (χ1) is 11.8. The summed E-state index contributed by atoms with van der Waals surface area (Å²) in [4.78, 5) is 12.3. The summed E-state index contributed by atoms with van der Waals surface area (Å²) in [6.45, 7) is 5.62. The first kappa shape index (κ1) is 17.5. The summed E-state index contributed by atoms with van der Waals surface area (Å²) >= 11 is 0. The van der Waals surface area contributed by atoms with Gasteiger partial charge in [-0.25, -0.2) is 8.42 Å². The lowest BCUT2D eigenvalue weighted by atomic mass is 9.95. The van der Waals surface area contributed by atoms with Crippen molar-refractivity contribution in [2.75, 3.05) is 11.3 Å². The predicted octanol–water partition coefficient (Wildman–Crippen LogP) is 2.26. The van der Waals surface area contributed by atoms with Gasteiger partial charge in [-0.3, -0.25) is 9.52 Å². The summed E-state index contributed by atoms with van der Waals surface area (Å²) in [7, 11) is -3.77. The summed E-state index contributed by atoms with van der Waals surface area (Å²) in [5, 5.41) is 6.54. The van der Waals surface area contributed by atoms with Crippen LogP contribution in [0.3, 0.4) is 0 Å². The van der Waals surface area contributed by atoms with Gasteiger partial charge in [-0.05, 0) is 51.3 Å². The molecule has 1 amide bonds. The van der Waals surface area contributed by atoms with Gasteiger partial charge in [-0.2, -0.15) is 0 Å². The molecule has 1 aliphatic carbocycles. The molecular weight excluding hydrogens is 342 g/mol. The number of likely N-dealkylation sites (N-methyl/N-ethyl adjacent to an activating group) is 1. The summed E-state index contributed by atoms with van der Waals surface area (Å²) < 4.78 is 32.5. The molecule has 0 spiro atoms. The lowest BCUT2D eigenvalue weighted by Crippen LogP contribution is -2.34. The van der Waals surface area contributed by atoms with E-state index in [0.717, 1.165) is 18.4 Å². The van der Waals surface area contributed by atoms with Crippen LogP contribution in [-0.4, -0.2) is 26.0 Å². The summed E-state index contributed by atoms with van der Waals surface area (Å²) in [6.07, 6.45) is 1.62. The van der Waals surface area contributed by atoms with E-state index in [1.807, 2.05) is 6.92 Å². The molecule has 0 unspecified atom stereocenters. The minimum absolute atomic E-state index is 0.0269. The first-order valence-corrected chi connectivity index (χ1v) is 9.63. The Morgan fingerprint density at radius 1 is 1.24 bits per heavy atom. The van der Waals surface area contributed by atoms with Crippen LogP contribution >= 0.6 is 0 Å². The minimum Gasteiger partial charge on any atom is -0.360 e. The van der Waals surface area contributed by atoms with Gasteiger partial charge in [-0.1, -0.05) is 17.3 Å². The highest BCUT2D eigenvalue weighted by atomic mass is 32.2. The Labute approximate surface area is 146 Å². The van der Waals surface area contributed by atoms with Crippen molar-refractivity contribution in [3.63, 3.8) is 0 Å². The molecule has 1 fully saturated rings. The zero-order valence-electron chi connectivity index (χ0n) is 14.4. The monoisotopic (exact) mass is 363 g/mol. The number of carbonyl (C=O) groups excluding carboxylic acids is 1. The van der Waals surface area contributed by atoms with E-state index in [-0.39, 0.29) is 16.6 Å². The van der Waals surface area contributed by atoms with E-state index < -0.39 is 15.4 Å². The maximum Gasteiger partial charge on any atom is 0.267 e. The predicted molar refractivity (Wildman–Crippen MR) is 92.8 cm³/mol. The molecule has 1 saturated carbocycles. The number of aryl methyl sites for hydroxylation is 2. The van der Waals surface area contributed by atoms with Crippen molar-refractivity contribution < 1.29 is 17.7 Å². The molecule has 3 rings (SSSR count). The number of anilines is 1. The van der Waals surface area contributed by atoms with Crippen LogP contribution < -0.4 is 10.0 Å². The highest BCUT2D eigenvalue weighted by molar-refractivity contribution is 7.92. The van der Waals surface area contributed by atoms with Crippen molar-refractivity contribution in [2.24, 2.45) is 0 Å². The van der Waals surface area contributed by atoms with Crippen LogP contribution in [-0.2, 0) is 20.2 Å². The molecular formula is C17H21N3O4S. The van der Waals surface area contributed by atoms with Crippen molar-refractivity contribution in [1.29, 1.82) is 0 Å². The summed E-state index contributed by atoms with van der Waals surface area (Å²) in [5.74, 6) is 0.272. The van der Waals surface area contributed by atoms with Gasteiger partial charge in [0.25, 0.3) is 10.0 Å². The number of rotatable bonds is 6. The number of aromatic nitrogens is 1. The number of carbonyl (C=O) groups is 1. The fourth-order valence-electron chi connectivity index (χ4n) is 3.02. The molecule has 0 radical (unpaired) electrons. The maximum absolute atomic E-state index is 12.5. The number of hydrogen-bond donors (Lipinski definition) is 2. The van der Waals surface area contributed by atoms with Gasteiger partial charge >= 0.3 is 0 Å². The van der Waals surface area contributed by atoms with Crippen molar-refractivity contribution in [3.8, 4) is 0 Å². The van der Waals surface area contributed by atoms with Crippen LogP contribution in [0.25, 0.3) is 0 Å². The van der Waals surface area contributed by atoms with Crippen LogP contribution in [0.4, 0.5) is 5.69 Å². The number of nitrogens with zero attached hydrogens (tertiary/aromatic N) is 1. The molecule has 1 aromatic carbocycles. The third kappa shape index (κ3) is 3.13. The molecule has 8 heteroatoms. The standard InChI is InChI=1S/C17H21N3O4S/c1-4-18-16(21)17(9-10-17)13-5-7-14(8-6-13)20-25(22,23)15-11(2)19-24-12(15)3/h5-8,20H,4,9-10H2,1-3H3,(H,18,21). The lowest BCUT2D eigenvalue weighted by molar-refractivity contribution is -0.123. The molecule has 1 aromatic heterocycles. The smallest absolute Gasteiger partial charge is 0.267 e. The van der Waals surface area contributed by atoms with Gasteiger partial charge in [0.2, 0.25) is 5.91 Å². The Morgan fingerprint density at radius 2 is 1.88 bits per heavy atom. The Bertz CT molecular complexity index is 877. The maximum atomic E-state index is 12.5. The normalized spacial score (nSPS) is 15.6. The molecule has 7 nitrogen and oxygen atoms in total. The van der Waals surface area contributed by atoms with Gasteiger partial charge in [0, 0.05) is 12.2 Å².